The lowest BCUT2D eigenvalue weighted by atomic mass is 10.2. The predicted molar refractivity (Wildman–Crippen MR) is 97.1 cm³/mol. The van der Waals surface area contributed by atoms with E-state index in [0.717, 1.165) is 16.4 Å². The molecular formula is C17H12FN5O2S. The van der Waals surface area contributed by atoms with Crippen LogP contribution in [0.4, 0.5) is 4.39 Å². The Kier molecular flexibility index (Phi) is 3.92. The number of halogens is 1. The zero-order valence-electron chi connectivity index (χ0n) is 13.3. The van der Waals surface area contributed by atoms with Crippen LogP contribution in [-0.4, -0.2) is 19.0 Å². The molecule has 0 spiro atoms. The van der Waals surface area contributed by atoms with E-state index in [4.69, 9.17) is 5.84 Å². The van der Waals surface area contributed by atoms with E-state index in [-0.39, 0.29) is 27.4 Å². The molecule has 130 valence electrons. The number of hydrogen-bond donors (Lipinski definition) is 1. The van der Waals surface area contributed by atoms with Crippen LogP contribution >= 0.6 is 11.8 Å². The zero-order valence-corrected chi connectivity index (χ0v) is 14.1. The fourth-order valence-electron chi connectivity index (χ4n) is 2.57. The molecule has 0 bridgehead atoms. The van der Waals surface area contributed by atoms with Crippen molar-refractivity contribution in [1.82, 2.24) is 19.0 Å². The van der Waals surface area contributed by atoms with Gasteiger partial charge in [0, 0.05) is 24.1 Å². The summed E-state index contributed by atoms with van der Waals surface area (Å²) < 4.78 is 15.8. The maximum atomic E-state index is 13.4. The molecule has 7 nitrogen and oxygen atoms in total. The first-order chi connectivity index (χ1) is 12.5. The van der Waals surface area contributed by atoms with Crippen LogP contribution in [-0.2, 0) is 5.75 Å². The normalized spacial score (nSPS) is 11.3. The van der Waals surface area contributed by atoms with Gasteiger partial charge in [-0.05, 0) is 24.3 Å². The van der Waals surface area contributed by atoms with E-state index in [9.17, 15) is 14.0 Å². The van der Waals surface area contributed by atoms with E-state index in [1.54, 1.807) is 24.4 Å². The summed E-state index contributed by atoms with van der Waals surface area (Å²) in [6.45, 7) is 0. The average molecular weight is 369 g/mol. The van der Waals surface area contributed by atoms with Gasteiger partial charge in [0.2, 0.25) is 0 Å². The molecule has 0 radical (unpaired) electrons. The summed E-state index contributed by atoms with van der Waals surface area (Å²) in [6.07, 6.45) is 1.64. The Morgan fingerprint density at radius 3 is 2.81 bits per heavy atom. The quantitative estimate of drug-likeness (QED) is 0.334. The van der Waals surface area contributed by atoms with Crippen molar-refractivity contribution in [3.63, 3.8) is 0 Å². The minimum absolute atomic E-state index is 0.204. The lowest BCUT2D eigenvalue weighted by Gasteiger charge is -2.08. The number of thioether (sulfide) groups is 1. The number of rotatable bonds is 3. The first-order valence-electron chi connectivity index (χ1n) is 7.60. The summed E-state index contributed by atoms with van der Waals surface area (Å²) in [6, 6.07) is 10.4. The van der Waals surface area contributed by atoms with Crippen molar-refractivity contribution in [2.75, 3.05) is 5.84 Å². The number of nitrogens with zero attached hydrogens (tertiary/aromatic N) is 4. The molecule has 0 aliphatic rings. The number of aromatic nitrogens is 4. The van der Waals surface area contributed by atoms with Crippen molar-refractivity contribution < 1.29 is 4.39 Å². The van der Waals surface area contributed by atoms with Crippen molar-refractivity contribution in [2.24, 2.45) is 0 Å². The Balaban J connectivity index is 1.71. The van der Waals surface area contributed by atoms with Crippen LogP contribution in [0.1, 0.15) is 5.69 Å². The van der Waals surface area contributed by atoms with Gasteiger partial charge in [-0.2, -0.15) is 0 Å². The van der Waals surface area contributed by atoms with Crippen LogP contribution in [0.15, 0.2) is 63.4 Å². The summed E-state index contributed by atoms with van der Waals surface area (Å²) in [5.41, 5.74) is 0.605. The van der Waals surface area contributed by atoms with E-state index in [1.807, 2.05) is 0 Å². The van der Waals surface area contributed by atoms with Crippen LogP contribution in [0.2, 0.25) is 0 Å². The molecular weight excluding hydrogens is 357 g/mol. The third kappa shape index (κ3) is 2.82. The van der Waals surface area contributed by atoms with E-state index in [1.165, 1.54) is 28.7 Å². The first-order valence-corrected chi connectivity index (χ1v) is 8.59. The van der Waals surface area contributed by atoms with Gasteiger partial charge in [0.1, 0.15) is 11.5 Å². The molecule has 4 aromatic rings. The molecule has 3 heterocycles. The van der Waals surface area contributed by atoms with Gasteiger partial charge >= 0.3 is 0 Å². The molecule has 0 atom stereocenters. The van der Waals surface area contributed by atoms with Crippen molar-refractivity contribution in [1.29, 1.82) is 0 Å². The smallest absolute Gasteiger partial charge is 0.280 e. The van der Waals surface area contributed by atoms with Crippen molar-refractivity contribution in [3.8, 4) is 0 Å². The Morgan fingerprint density at radius 2 is 1.96 bits per heavy atom. The largest absolute Gasteiger partial charge is 0.334 e. The topological polar surface area (TPSA) is 95.3 Å². The van der Waals surface area contributed by atoms with Crippen molar-refractivity contribution in [3.05, 3.63) is 80.9 Å². The highest BCUT2D eigenvalue weighted by atomic mass is 32.2. The number of hydrogen-bond acceptors (Lipinski definition) is 6. The third-order valence-electron chi connectivity index (χ3n) is 3.80. The fraction of sp³-hybridized carbons (Fsp3) is 0.0588. The highest BCUT2D eigenvalue weighted by molar-refractivity contribution is 7.98. The monoisotopic (exact) mass is 369 g/mol. The first kappa shape index (κ1) is 16.3. The molecule has 9 heteroatoms. The minimum Gasteiger partial charge on any atom is -0.334 e. The molecule has 0 amide bonds. The average Bonchev–Trinajstić information content (AvgIpc) is 2.63. The number of nitrogen functional groups attached to an aromatic ring is 1. The molecule has 0 aliphatic heterocycles. The molecule has 26 heavy (non-hydrogen) atoms. The molecule has 0 unspecified atom stereocenters. The molecule has 0 aliphatic carbocycles. The second-order valence-corrected chi connectivity index (χ2v) is 6.48. The van der Waals surface area contributed by atoms with E-state index >= 15 is 0 Å². The van der Waals surface area contributed by atoms with Gasteiger partial charge in [0.05, 0.1) is 16.6 Å². The van der Waals surface area contributed by atoms with E-state index in [2.05, 4.69) is 9.97 Å². The van der Waals surface area contributed by atoms with Gasteiger partial charge in [-0.1, -0.05) is 17.8 Å². The van der Waals surface area contributed by atoms with Crippen LogP contribution in [0, 0.1) is 5.82 Å². The molecule has 1 aromatic carbocycles. The maximum Gasteiger partial charge on any atom is 0.280 e. The maximum absolute atomic E-state index is 13.4. The standard InChI is InChI=1S/C17H12FN5O2S/c18-10-4-5-12-13(7-10)21-17(23(19)16(12)25)26-9-11-8-15(24)22-6-2-1-3-14(22)20-11/h1-8H,9,19H2. The molecule has 4 rings (SSSR count). The second-order valence-electron chi connectivity index (χ2n) is 5.53. The lowest BCUT2D eigenvalue weighted by Crippen LogP contribution is -2.29. The minimum atomic E-state index is -0.487. The second kappa shape index (κ2) is 6.26. The lowest BCUT2D eigenvalue weighted by molar-refractivity contribution is 0.628. The highest BCUT2D eigenvalue weighted by Gasteiger charge is 2.11. The van der Waals surface area contributed by atoms with Crippen LogP contribution in [0.3, 0.4) is 0 Å². The Hall–Kier alpha value is -3.20. The summed E-state index contributed by atoms with van der Waals surface area (Å²) >= 11 is 1.15. The van der Waals surface area contributed by atoms with Gasteiger partial charge in [-0.3, -0.25) is 14.0 Å². The number of nitrogens with two attached hydrogens (primary N) is 1. The van der Waals surface area contributed by atoms with Crippen molar-refractivity contribution in [2.45, 2.75) is 10.9 Å². The van der Waals surface area contributed by atoms with Crippen LogP contribution < -0.4 is 17.0 Å². The Labute approximate surface area is 149 Å². The van der Waals surface area contributed by atoms with Crippen LogP contribution in [0.5, 0.6) is 0 Å². The summed E-state index contributed by atoms with van der Waals surface area (Å²) in [5.74, 6) is 5.61. The summed E-state index contributed by atoms with van der Waals surface area (Å²) in [5, 5.41) is 0.448. The number of pyridine rings is 1. The molecule has 0 saturated carbocycles. The molecule has 2 N–H and O–H groups in total. The van der Waals surface area contributed by atoms with Gasteiger partial charge in [-0.25, -0.2) is 19.0 Å². The van der Waals surface area contributed by atoms with Gasteiger partial charge < -0.3 is 5.84 Å². The van der Waals surface area contributed by atoms with E-state index < -0.39 is 11.4 Å². The highest BCUT2D eigenvalue weighted by Crippen LogP contribution is 2.20. The van der Waals surface area contributed by atoms with Gasteiger partial charge in [0.15, 0.2) is 5.16 Å². The predicted octanol–water partition coefficient (Wildman–Crippen LogP) is 1.55. The van der Waals surface area contributed by atoms with Crippen molar-refractivity contribution >= 4 is 28.3 Å². The number of fused-ring (bicyclic) bond motifs is 2. The summed E-state index contributed by atoms with van der Waals surface area (Å²) in [4.78, 5) is 33.1. The molecule has 3 aromatic heterocycles. The van der Waals surface area contributed by atoms with Gasteiger partial charge in [-0.15, -0.1) is 0 Å². The summed E-state index contributed by atoms with van der Waals surface area (Å²) in [7, 11) is 0. The third-order valence-corrected chi connectivity index (χ3v) is 4.79. The molecule has 0 fully saturated rings. The molecule has 0 saturated heterocycles. The fourth-order valence-corrected chi connectivity index (χ4v) is 3.38. The van der Waals surface area contributed by atoms with Crippen LogP contribution in [0.25, 0.3) is 16.6 Å². The van der Waals surface area contributed by atoms with Gasteiger partial charge in [0.25, 0.3) is 11.1 Å². The zero-order chi connectivity index (χ0) is 18.3. The number of benzene rings is 1. The Morgan fingerprint density at radius 1 is 1.12 bits per heavy atom. The SMILES string of the molecule is Nn1c(SCc2cc(=O)n3ccccc3n2)nc2cc(F)ccc2c1=O. The Bertz CT molecular complexity index is 1270. The van der Waals surface area contributed by atoms with E-state index in [0.29, 0.717) is 11.3 Å².